The van der Waals surface area contributed by atoms with Crippen LogP contribution in [0, 0.1) is 5.92 Å². The van der Waals surface area contributed by atoms with E-state index in [0.717, 1.165) is 22.3 Å². The van der Waals surface area contributed by atoms with E-state index in [4.69, 9.17) is 11.6 Å². The van der Waals surface area contributed by atoms with Crippen molar-refractivity contribution in [2.75, 3.05) is 6.61 Å². The Bertz CT molecular complexity index is 729. The summed E-state index contributed by atoms with van der Waals surface area (Å²) in [4.78, 5) is 9.51. The number of benzene rings is 1. The minimum atomic E-state index is 0.126. The van der Waals surface area contributed by atoms with Gasteiger partial charge in [0.25, 0.3) is 0 Å². The van der Waals surface area contributed by atoms with Gasteiger partial charge in [0.2, 0.25) is 0 Å². The first-order chi connectivity index (χ1) is 10.3. The molecular weight excluding hydrogens is 304 g/mol. The summed E-state index contributed by atoms with van der Waals surface area (Å²) in [6, 6.07) is 10.2. The van der Waals surface area contributed by atoms with Gasteiger partial charge >= 0.3 is 0 Å². The molecule has 0 amide bonds. The van der Waals surface area contributed by atoms with Crippen LogP contribution in [-0.2, 0) is 12.8 Å². The van der Waals surface area contributed by atoms with Gasteiger partial charge in [-0.3, -0.25) is 0 Å². The second-order valence-electron chi connectivity index (χ2n) is 5.03. The minimum Gasteiger partial charge on any atom is -0.396 e. The van der Waals surface area contributed by atoms with Crippen molar-refractivity contribution in [1.82, 2.24) is 9.97 Å². The van der Waals surface area contributed by atoms with Crippen molar-refractivity contribution >= 4 is 33.2 Å². The number of fused-ring (bicyclic) bond motifs is 1. The van der Waals surface area contributed by atoms with Crippen molar-refractivity contribution in [2.24, 2.45) is 5.92 Å². The second kappa shape index (κ2) is 6.52. The van der Waals surface area contributed by atoms with E-state index in [1.165, 1.54) is 16.9 Å². The highest BCUT2D eigenvalue weighted by Crippen LogP contribution is 2.31. The van der Waals surface area contributed by atoms with E-state index in [2.05, 4.69) is 22.1 Å². The number of aromatic nitrogens is 2. The topological polar surface area (TPSA) is 46.0 Å². The number of thiophene rings is 1. The smallest absolute Gasteiger partial charge is 0.128 e. The van der Waals surface area contributed by atoms with Crippen LogP contribution in [0.4, 0.5) is 0 Å². The van der Waals surface area contributed by atoms with Crippen LogP contribution in [0.1, 0.15) is 11.3 Å². The van der Waals surface area contributed by atoms with Gasteiger partial charge in [0.15, 0.2) is 0 Å². The maximum Gasteiger partial charge on any atom is 0.128 e. The molecule has 21 heavy (non-hydrogen) atoms. The van der Waals surface area contributed by atoms with Crippen molar-refractivity contribution in [3.8, 4) is 0 Å². The first-order valence-corrected chi connectivity index (χ1v) is 8.05. The largest absolute Gasteiger partial charge is 0.396 e. The third-order valence-electron chi connectivity index (χ3n) is 3.51. The highest BCUT2D eigenvalue weighted by molar-refractivity contribution is 7.17. The molecule has 108 valence electrons. The molecule has 1 unspecified atom stereocenters. The zero-order valence-corrected chi connectivity index (χ0v) is 12.9. The number of hydrogen-bond acceptors (Lipinski definition) is 4. The van der Waals surface area contributed by atoms with Gasteiger partial charge in [0.1, 0.15) is 11.2 Å². The molecule has 0 spiro atoms. The Balaban J connectivity index is 1.84. The number of halogens is 1. The lowest BCUT2D eigenvalue weighted by Gasteiger charge is -2.14. The van der Waals surface area contributed by atoms with Gasteiger partial charge in [-0.05, 0) is 24.3 Å². The standard InChI is InChI=1S/C16H15ClN2OS/c17-13-9-21-16-15(13)14(18-10-19-16)7-12(8-20)6-11-4-2-1-3-5-11/h1-5,9-10,12,20H,6-8H2. The Morgan fingerprint density at radius 3 is 2.71 bits per heavy atom. The lowest BCUT2D eigenvalue weighted by molar-refractivity contribution is 0.224. The quantitative estimate of drug-likeness (QED) is 0.779. The molecule has 3 aromatic rings. The molecule has 2 heterocycles. The third-order valence-corrected chi connectivity index (χ3v) is 4.83. The Labute approximate surface area is 132 Å². The molecule has 2 aromatic heterocycles. The van der Waals surface area contributed by atoms with Crippen LogP contribution >= 0.6 is 22.9 Å². The van der Waals surface area contributed by atoms with Crippen molar-refractivity contribution in [2.45, 2.75) is 12.8 Å². The fourth-order valence-corrected chi connectivity index (χ4v) is 3.65. The van der Waals surface area contributed by atoms with Crippen molar-refractivity contribution in [3.05, 3.63) is 58.3 Å². The molecule has 0 aliphatic carbocycles. The Morgan fingerprint density at radius 1 is 1.14 bits per heavy atom. The average molecular weight is 319 g/mol. The lowest BCUT2D eigenvalue weighted by atomic mass is 9.94. The van der Waals surface area contributed by atoms with Gasteiger partial charge in [0.05, 0.1) is 16.1 Å². The summed E-state index contributed by atoms with van der Waals surface area (Å²) >= 11 is 7.75. The fraction of sp³-hybridized carbons (Fsp3) is 0.250. The number of nitrogens with zero attached hydrogens (tertiary/aromatic N) is 2. The molecule has 0 aliphatic rings. The highest BCUT2D eigenvalue weighted by atomic mass is 35.5. The predicted octanol–water partition coefficient (Wildman–Crippen LogP) is 3.74. The lowest BCUT2D eigenvalue weighted by Crippen LogP contribution is -2.14. The number of aliphatic hydroxyl groups is 1. The minimum absolute atomic E-state index is 0.126. The van der Waals surface area contributed by atoms with Crippen LogP contribution in [0.25, 0.3) is 10.2 Å². The van der Waals surface area contributed by atoms with Crippen LogP contribution in [0.5, 0.6) is 0 Å². The fourth-order valence-electron chi connectivity index (χ4n) is 2.48. The summed E-state index contributed by atoms with van der Waals surface area (Å²) < 4.78 is 0. The van der Waals surface area contributed by atoms with Crippen LogP contribution in [-0.4, -0.2) is 21.7 Å². The average Bonchev–Trinajstić information content (AvgIpc) is 2.90. The van der Waals surface area contributed by atoms with E-state index >= 15 is 0 Å². The van der Waals surface area contributed by atoms with E-state index in [1.807, 2.05) is 23.6 Å². The number of rotatable bonds is 5. The van der Waals surface area contributed by atoms with Crippen LogP contribution in [0.15, 0.2) is 42.0 Å². The van der Waals surface area contributed by atoms with Gasteiger partial charge < -0.3 is 5.11 Å². The maximum atomic E-state index is 9.67. The Hall–Kier alpha value is -1.49. The molecule has 0 bridgehead atoms. The first-order valence-electron chi connectivity index (χ1n) is 6.79. The predicted molar refractivity (Wildman–Crippen MR) is 86.9 cm³/mol. The van der Waals surface area contributed by atoms with E-state index in [9.17, 15) is 5.11 Å². The molecular formula is C16H15ClN2OS. The Kier molecular flexibility index (Phi) is 4.48. The molecule has 0 radical (unpaired) electrons. The van der Waals surface area contributed by atoms with E-state index < -0.39 is 0 Å². The highest BCUT2D eigenvalue weighted by Gasteiger charge is 2.15. The summed E-state index contributed by atoms with van der Waals surface area (Å²) in [5.74, 6) is 0.126. The molecule has 3 rings (SSSR count). The summed E-state index contributed by atoms with van der Waals surface area (Å²) in [6.45, 7) is 0.127. The van der Waals surface area contributed by atoms with E-state index in [-0.39, 0.29) is 12.5 Å². The van der Waals surface area contributed by atoms with Gasteiger partial charge in [-0.15, -0.1) is 11.3 Å². The molecule has 5 heteroatoms. The second-order valence-corrected chi connectivity index (χ2v) is 6.29. The molecule has 1 atom stereocenters. The van der Waals surface area contributed by atoms with Gasteiger partial charge in [-0.1, -0.05) is 41.9 Å². The summed E-state index contributed by atoms with van der Waals surface area (Å²) in [6.07, 6.45) is 3.09. The summed E-state index contributed by atoms with van der Waals surface area (Å²) in [5, 5.41) is 13.2. The first kappa shape index (κ1) is 14.4. The molecule has 0 saturated heterocycles. The van der Waals surface area contributed by atoms with Crippen LogP contribution in [0.2, 0.25) is 5.02 Å². The van der Waals surface area contributed by atoms with E-state index in [1.54, 1.807) is 6.33 Å². The Morgan fingerprint density at radius 2 is 1.95 bits per heavy atom. The summed E-state index contributed by atoms with van der Waals surface area (Å²) in [7, 11) is 0. The van der Waals surface area contributed by atoms with E-state index in [0.29, 0.717) is 11.4 Å². The van der Waals surface area contributed by atoms with Crippen molar-refractivity contribution in [1.29, 1.82) is 0 Å². The number of hydrogen-bond donors (Lipinski definition) is 1. The van der Waals surface area contributed by atoms with Crippen LogP contribution in [0.3, 0.4) is 0 Å². The summed E-state index contributed by atoms with van der Waals surface area (Å²) in [5.41, 5.74) is 2.14. The molecule has 1 N–H and O–H groups in total. The zero-order valence-electron chi connectivity index (χ0n) is 11.4. The third kappa shape index (κ3) is 3.23. The number of aliphatic hydroxyl groups excluding tert-OH is 1. The SMILES string of the molecule is OCC(Cc1ccccc1)Cc1ncnc2scc(Cl)c12. The zero-order chi connectivity index (χ0) is 14.7. The van der Waals surface area contributed by atoms with Gasteiger partial charge in [0, 0.05) is 12.0 Å². The molecule has 0 fully saturated rings. The monoisotopic (exact) mass is 318 g/mol. The van der Waals surface area contributed by atoms with Crippen molar-refractivity contribution in [3.63, 3.8) is 0 Å². The van der Waals surface area contributed by atoms with Gasteiger partial charge in [-0.25, -0.2) is 9.97 Å². The maximum absolute atomic E-state index is 9.67. The van der Waals surface area contributed by atoms with Crippen LogP contribution < -0.4 is 0 Å². The van der Waals surface area contributed by atoms with Crippen molar-refractivity contribution < 1.29 is 5.11 Å². The molecule has 0 saturated carbocycles. The normalized spacial score (nSPS) is 12.7. The molecule has 1 aromatic carbocycles. The molecule has 3 nitrogen and oxygen atoms in total. The van der Waals surface area contributed by atoms with Gasteiger partial charge in [-0.2, -0.15) is 0 Å². The molecule has 0 aliphatic heterocycles.